The van der Waals surface area contributed by atoms with Crippen LogP contribution in [0.3, 0.4) is 0 Å². The first-order valence-electron chi connectivity index (χ1n) is 10.4. The third-order valence-corrected chi connectivity index (χ3v) is 5.25. The number of halogens is 3. The molecular weight excluding hydrogens is 413 g/mol. The van der Waals surface area contributed by atoms with E-state index in [4.69, 9.17) is 15.7 Å². The van der Waals surface area contributed by atoms with Crippen molar-refractivity contribution in [2.24, 2.45) is 5.73 Å². The number of benzene rings is 3. The van der Waals surface area contributed by atoms with E-state index in [1.807, 2.05) is 37.3 Å². The summed E-state index contributed by atoms with van der Waals surface area (Å²) in [7, 11) is 0. The number of anilines is 1. The first-order chi connectivity index (χ1) is 15.4. The lowest BCUT2D eigenvalue weighted by Crippen LogP contribution is -2.10. The van der Waals surface area contributed by atoms with Crippen molar-refractivity contribution in [1.29, 1.82) is 0 Å². The van der Waals surface area contributed by atoms with E-state index in [0.717, 1.165) is 40.6 Å². The Balaban J connectivity index is 1.79. The van der Waals surface area contributed by atoms with Crippen molar-refractivity contribution >= 4 is 16.7 Å². The second-order valence-electron chi connectivity index (χ2n) is 7.60. The number of alkyl halides is 3. The maximum atomic E-state index is 13.2. The molecule has 0 radical (unpaired) electrons. The highest BCUT2D eigenvalue weighted by atomic mass is 19.4. The van der Waals surface area contributed by atoms with Gasteiger partial charge in [0.2, 0.25) is 0 Å². The van der Waals surface area contributed by atoms with Crippen molar-refractivity contribution in [1.82, 2.24) is 9.97 Å². The van der Waals surface area contributed by atoms with Crippen molar-refractivity contribution in [2.75, 3.05) is 18.4 Å². The van der Waals surface area contributed by atoms with E-state index in [1.54, 1.807) is 18.2 Å². The van der Waals surface area contributed by atoms with E-state index in [9.17, 15) is 13.2 Å². The lowest BCUT2D eigenvalue weighted by molar-refractivity contribution is -0.137. The fraction of sp³-hybridized carbons (Fsp3) is 0.200. The zero-order valence-electron chi connectivity index (χ0n) is 17.6. The van der Waals surface area contributed by atoms with Gasteiger partial charge >= 0.3 is 6.18 Å². The van der Waals surface area contributed by atoms with Gasteiger partial charge in [0, 0.05) is 17.5 Å². The maximum Gasteiger partial charge on any atom is 0.416 e. The zero-order valence-corrected chi connectivity index (χ0v) is 17.6. The summed E-state index contributed by atoms with van der Waals surface area (Å²) in [4.78, 5) is 9.50. The lowest BCUT2D eigenvalue weighted by Gasteiger charge is -2.13. The van der Waals surface area contributed by atoms with Crippen molar-refractivity contribution in [3.8, 4) is 22.5 Å². The Bertz CT molecular complexity index is 1250. The summed E-state index contributed by atoms with van der Waals surface area (Å²) in [5, 5.41) is 4.26. The zero-order chi connectivity index (χ0) is 22.7. The molecule has 7 heteroatoms. The van der Waals surface area contributed by atoms with Crippen LogP contribution in [0.2, 0.25) is 0 Å². The van der Waals surface area contributed by atoms with Crippen LogP contribution in [0.1, 0.15) is 17.5 Å². The smallest absolute Gasteiger partial charge is 0.369 e. The van der Waals surface area contributed by atoms with Gasteiger partial charge in [0.25, 0.3) is 0 Å². The average molecular weight is 436 g/mol. The van der Waals surface area contributed by atoms with Crippen LogP contribution in [0, 0.1) is 6.92 Å². The predicted octanol–water partition coefficient (Wildman–Crippen LogP) is 6.05. The van der Waals surface area contributed by atoms with Crippen molar-refractivity contribution in [3.63, 3.8) is 0 Å². The molecule has 4 nitrogen and oxygen atoms in total. The number of nitrogens with zero attached hydrogens (tertiary/aromatic N) is 2. The summed E-state index contributed by atoms with van der Waals surface area (Å²) in [5.74, 6) is 1.22. The Morgan fingerprint density at radius 3 is 2.31 bits per heavy atom. The summed E-state index contributed by atoms with van der Waals surface area (Å²) in [5.41, 5.74) is 8.67. The van der Waals surface area contributed by atoms with Crippen molar-refractivity contribution in [2.45, 2.75) is 19.5 Å². The number of aromatic nitrogens is 2. The highest BCUT2D eigenvalue weighted by molar-refractivity contribution is 5.92. The third-order valence-electron chi connectivity index (χ3n) is 5.25. The van der Waals surface area contributed by atoms with Gasteiger partial charge in [0.15, 0.2) is 5.82 Å². The molecule has 3 aromatic carbocycles. The molecule has 3 N–H and O–H groups in total. The Labute approximate surface area is 184 Å². The van der Waals surface area contributed by atoms with Crippen molar-refractivity contribution in [3.05, 3.63) is 77.9 Å². The number of para-hydroxylation sites is 1. The molecule has 0 bridgehead atoms. The van der Waals surface area contributed by atoms with Gasteiger partial charge in [-0.3, -0.25) is 0 Å². The Morgan fingerprint density at radius 1 is 0.875 bits per heavy atom. The maximum absolute atomic E-state index is 13.2. The molecule has 0 saturated heterocycles. The molecule has 1 heterocycles. The first kappa shape index (κ1) is 21.8. The summed E-state index contributed by atoms with van der Waals surface area (Å²) in [6.45, 7) is 3.24. The summed E-state index contributed by atoms with van der Waals surface area (Å²) >= 11 is 0. The number of rotatable bonds is 6. The Morgan fingerprint density at radius 2 is 1.56 bits per heavy atom. The van der Waals surface area contributed by atoms with E-state index >= 15 is 0 Å². The molecule has 0 spiro atoms. The quantitative estimate of drug-likeness (QED) is 0.361. The number of aryl methyl sites for hydroxylation is 1. The minimum absolute atomic E-state index is 0.486. The summed E-state index contributed by atoms with van der Waals surface area (Å²) < 4.78 is 39.5. The fourth-order valence-corrected chi connectivity index (χ4v) is 3.58. The van der Waals surface area contributed by atoms with Crippen LogP contribution in [-0.4, -0.2) is 23.1 Å². The van der Waals surface area contributed by atoms with Crippen LogP contribution in [0.4, 0.5) is 19.0 Å². The molecule has 4 rings (SSSR count). The minimum Gasteiger partial charge on any atom is -0.369 e. The predicted molar refractivity (Wildman–Crippen MR) is 122 cm³/mol. The highest BCUT2D eigenvalue weighted by Crippen LogP contribution is 2.33. The topological polar surface area (TPSA) is 63.8 Å². The second kappa shape index (κ2) is 8.96. The molecule has 32 heavy (non-hydrogen) atoms. The van der Waals surface area contributed by atoms with E-state index in [2.05, 4.69) is 5.32 Å². The molecule has 0 aliphatic heterocycles. The molecule has 0 fully saturated rings. The van der Waals surface area contributed by atoms with Crippen LogP contribution in [0.15, 0.2) is 66.7 Å². The minimum atomic E-state index is -4.39. The average Bonchev–Trinajstić information content (AvgIpc) is 2.79. The molecule has 0 amide bonds. The summed E-state index contributed by atoms with van der Waals surface area (Å²) in [6.07, 6.45) is -3.59. The van der Waals surface area contributed by atoms with Crippen LogP contribution in [0.5, 0.6) is 0 Å². The first-order valence-corrected chi connectivity index (χ1v) is 10.4. The molecule has 0 saturated carbocycles. The molecule has 4 aromatic rings. The molecule has 1 aromatic heterocycles. The van der Waals surface area contributed by atoms with Crippen LogP contribution < -0.4 is 11.1 Å². The van der Waals surface area contributed by atoms with Gasteiger partial charge in [0.05, 0.1) is 11.1 Å². The fourth-order valence-electron chi connectivity index (χ4n) is 3.58. The van der Waals surface area contributed by atoms with Crippen molar-refractivity contribution < 1.29 is 13.2 Å². The lowest BCUT2D eigenvalue weighted by atomic mass is 10.0. The van der Waals surface area contributed by atoms with E-state index in [1.165, 1.54) is 6.07 Å². The van der Waals surface area contributed by atoms with Crippen LogP contribution in [0.25, 0.3) is 33.4 Å². The molecule has 0 aliphatic rings. The standard InChI is InChI=1S/C25H23F3N4/c1-16-6-2-11-21-22(16)31-23(32-24(21)30-13-5-12-29)19-9-3-7-17(14-19)18-8-4-10-20(15-18)25(26,27)28/h2-4,6-11,14-15H,5,12-13,29H2,1H3,(H,30,31,32). The molecule has 0 atom stereocenters. The van der Waals surface area contributed by atoms with Gasteiger partial charge < -0.3 is 11.1 Å². The summed E-state index contributed by atoms with van der Waals surface area (Å²) in [6, 6.07) is 18.5. The Kier molecular flexibility index (Phi) is 6.10. The largest absolute Gasteiger partial charge is 0.416 e. The van der Waals surface area contributed by atoms with Gasteiger partial charge in [-0.2, -0.15) is 13.2 Å². The number of nitrogens with one attached hydrogen (secondary N) is 1. The SMILES string of the molecule is Cc1cccc2c(NCCCN)nc(-c3cccc(-c4cccc(C(F)(F)F)c4)c3)nc12. The van der Waals surface area contributed by atoms with E-state index < -0.39 is 11.7 Å². The van der Waals surface area contributed by atoms with E-state index in [0.29, 0.717) is 35.9 Å². The van der Waals surface area contributed by atoms with Gasteiger partial charge in [-0.25, -0.2) is 9.97 Å². The number of nitrogens with two attached hydrogens (primary N) is 1. The number of hydrogen-bond acceptors (Lipinski definition) is 4. The molecule has 164 valence electrons. The molecule has 0 unspecified atom stereocenters. The number of fused-ring (bicyclic) bond motifs is 1. The molecular formula is C25H23F3N4. The van der Waals surface area contributed by atoms with Crippen LogP contribution in [-0.2, 0) is 6.18 Å². The highest BCUT2D eigenvalue weighted by Gasteiger charge is 2.30. The second-order valence-corrected chi connectivity index (χ2v) is 7.60. The van der Waals surface area contributed by atoms with Gasteiger partial charge in [0.1, 0.15) is 5.82 Å². The van der Waals surface area contributed by atoms with Gasteiger partial charge in [-0.1, -0.05) is 42.5 Å². The Hall–Kier alpha value is -3.45. The monoisotopic (exact) mass is 436 g/mol. The number of hydrogen-bond donors (Lipinski definition) is 2. The van der Waals surface area contributed by atoms with Crippen LogP contribution >= 0.6 is 0 Å². The van der Waals surface area contributed by atoms with Gasteiger partial charge in [-0.15, -0.1) is 0 Å². The normalized spacial score (nSPS) is 11.7. The third kappa shape index (κ3) is 4.57. The molecule has 0 aliphatic carbocycles. The van der Waals surface area contributed by atoms with E-state index in [-0.39, 0.29) is 0 Å². The van der Waals surface area contributed by atoms with Gasteiger partial charge in [-0.05, 0) is 60.8 Å².